The minimum atomic E-state index is -1.85. The van der Waals surface area contributed by atoms with E-state index in [2.05, 4.69) is 119 Å². The molecule has 51 heavy (non-hydrogen) atoms. The van der Waals surface area contributed by atoms with Crippen molar-refractivity contribution in [2.45, 2.75) is 194 Å². The minimum absolute atomic E-state index is 0.0385. The Labute approximate surface area is 317 Å². The molecule has 0 aromatic rings. The van der Waals surface area contributed by atoms with Gasteiger partial charge < -0.3 is 27.6 Å². The minimum Gasteiger partial charge on any atom is -0.414 e. The van der Waals surface area contributed by atoms with E-state index < -0.39 is 38.9 Å². The summed E-state index contributed by atoms with van der Waals surface area (Å²) in [6.45, 7) is 39.3. The van der Waals surface area contributed by atoms with Crippen molar-refractivity contribution >= 4 is 39.0 Å². The molecule has 11 heteroatoms. The van der Waals surface area contributed by atoms with Crippen LogP contribution < -0.4 is 0 Å². The van der Waals surface area contributed by atoms with Crippen molar-refractivity contribution in [3.63, 3.8) is 0 Å². The Bertz CT molecular complexity index is 1300. The first-order valence-corrected chi connectivity index (χ1v) is 33.9. The number of allylic oxidation sites excluding steroid dienone is 1. The number of fused-ring (bicyclic) bond motifs is 5. The monoisotopic (exact) mass is 781 g/mol. The number of aliphatic hydroxyl groups is 1. The molecule has 296 valence electrons. The predicted octanol–water partition coefficient (Wildman–Crippen LogP) is 10.6. The molecule has 0 heterocycles. The second kappa shape index (κ2) is 14.8. The zero-order valence-corrected chi connectivity index (χ0v) is 40.2. The standard InChI is InChI=1S/C40H79NO6Si4/c1-28(34(44-48(7,8)9)21-22-37(2,3)47-51(16,17)18)29-20-24-40(42)31-25-33(41-43-6)32-26-35(45-49(10,11)12)36(46-50(13,14)15)27-38(32,4)30(31)19-23-39(29,40)5/h25,28-30,32,34-36,42H,19-24,26-27H2,1-18H3/b41-33+/t28-,29+,30-,32-,34?,35+,36-,38+,39+,40+/m0/s1. The zero-order chi connectivity index (χ0) is 38.8. The molecule has 1 unspecified atom stereocenters. The fourth-order valence-corrected chi connectivity index (χ4v) is 16.4. The molecule has 4 rings (SSSR count). The molecule has 0 saturated heterocycles. The predicted molar refractivity (Wildman–Crippen MR) is 223 cm³/mol. The van der Waals surface area contributed by atoms with E-state index in [-0.39, 0.29) is 46.6 Å². The number of nitrogens with zero attached hydrogens (tertiary/aromatic N) is 1. The topological polar surface area (TPSA) is 78.7 Å². The number of hydrogen-bond acceptors (Lipinski definition) is 7. The van der Waals surface area contributed by atoms with Gasteiger partial charge in [0.15, 0.2) is 33.3 Å². The Morgan fingerprint density at radius 1 is 0.843 bits per heavy atom. The van der Waals surface area contributed by atoms with E-state index in [1.54, 1.807) is 7.11 Å². The van der Waals surface area contributed by atoms with Crippen LogP contribution in [0.15, 0.2) is 16.8 Å². The molecular weight excluding hydrogens is 703 g/mol. The average Bonchev–Trinajstić information content (AvgIpc) is 3.19. The molecule has 4 aliphatic rings. The van der Waals surface area contributed by atoms with Crippen LogP contribution in [0, 0.1) is 34.5 Å². The lowest BCUT2D eigenvalue weighted by molar-refractivity contribution is -0.122. The van der Waals surface area contributed by atoms with Crippen LogP contribution in [0.2, 0.25) is 78.6 Å². The van der Waals surface area contributed by atoms with Crippen LogP contribution in [0.4, 0.5) is 0 Å². The fraction of sp³-hybridized carbons (Fsp3) is 0.925. The van der Waals surface area contributed by atoms with Gasteiger partial charge in [0.1, 0.15) is 7.11 Å². The van der Waals surface area contributed by atoms with Gasteiger partial charge in [0.25, 0.3) is 0 Å². The van der Waals surface area contributed by atoms with Crippen LogP contribution in [0.3, 0.4) is 0 Å². The highest BCUT2D eigenvalue weighted by Crippen LogP contribution is 2.68. The Balaban J connectivity index is 1.70. The second-order valence-corrected chi connectivity index (χ2v) is 39.8. The third-order valence-corrected chi connectivity index (χ3v) is 16.9. The van der Waals surface area contributed by atoms with Crippen LogP contribution in [-0.2, 0) is 22.5 Å². The zero-order valence-electron chi connectivity index (χ0n) is 36.2. The van der Waals surface area contributed by atoms with Crippen molar-refractivity contribution in [2.24, 2.45) is 39.7 Å². The van der Waals surface area contributed by atoms with Gasteiger partial charge in [-0.25, -0.2) is 0 Å². The largest absolute Gasteiger partial charge is 0.414 e. The van der Waals surface area contributed by atoms with Crippen LogP contribution in [-0.4, -0.2) is 80.7 Å². The Hall–Kier alpha value is -0.122. The highest BCUT2D eigenvalue weighted by atomic mass is 28.4. The molecule has 1 N–H and O–H groups in total. The smallest absolute Gasteiger partial charge is 0.184 e. The van der Waals surface area contributed by atoms with Gasteiger partial charge in [0.2, 0.25) is 0 Å². The highest BCUT2D eigenvalue weighted by molar-refractivity contribution is 6.71. The van der Waals surface area contributed by atoms with Crippen LogP contribution in [0.1, 0.15) is 86.0 Å². The van der Waals surface area contributed by atoms with Gasteiger partial charge >= 0.3 is 0 Å². The van der Waals surface area contributed by atoms with Crippen molar-refractivity contribution in [1.29, 1.82) is 0 Å². The summed E-state index contributed by atoms with van der Waals surface area (Å²) in [7, 11) is -5.55. The van der Waals surface area contributed by atoms with Gasteiger partial charge in [-0.1, -0.05) is 25.9 Å². The molecule has 0 amide bonds. The van der Waals surface area contributed by atoms with Crippen molar-refractivity contribution < 1.29 is 27.6 Å². The molecule has 3 fully saturated rings. The van der Waals surface area contributed by atoms with Gasteiger partial charge in [-0.05, 0) is 179 Å². The quantitative estimate of drug-likeness (QED) is 0.140. The summed E-state index contributed by atoms with van der Waals surface area (Å²) >= 11 is 0. The summed E-state index contributed by atoms with van der Waals surface area (Å²) in [6.07, 6.45) is 10.1. The summed E-state index contributed by atoms with van der Waals surface area (Å²) in [6, 6.07) is 0. The van der Waals surface area contributed by atoms with E-state index in [0.717, 1.165) is 57.1 Å². The van der Waals surface area contributed by atoms with E-state index in [0.29, 0.717) is 11.8 Å². The molecule has 3 saturated carbocycles. The summed E-state index contributed by atoms with van der Waals surface area (Å²) in [5, 5.41) is 18.0. The molecule has 0 aromatic heterocycles. The Kier molecular flexibility index (Phi) is 12.6. The van der Waals surface area contributed by atoms with Gasteiger partial charge in [0, 0.05) is 17.4 Å². The summed E-state index contributed by atoms with van der Waals surface area (Å²) < 4.78 is 27.7. The third-order valence-electron chi connectivity index (χ3n) is 12.7. The van der Waals surface area contributed by atoms with E-state index in [9.17, 15) is 5.11 Å². The second-order valence-electron chi connectivity index (χ2n) is 22.0. The van der Waals surface area contributed by atoms with E-state index in [4.69, 9.17) is 27.7 Å². The van der Waals surface area contributed by atoms with Crippen molar-refractivity contribution in [3.8, 4) is 0 Å². The maximum Gasteiger partial charge on any atom is 0.184 e. The Morgan fingerprint density at radius 3 is 1.96 bits per heavy atom. The maximum atomic E-state index is 13.3. The molecule has 0 aliphatic heterocycles. The first kappa shape index (κ1) is 43.6. The lowest BCUT2D eigenvalue weighted by atomic mass is 9.45. The lowest BCUT2D eigenvalue weighted by Crippen LogP contribution is -2.62. The van der Waals surface area contributed by atoms with Crippen molar-refractivity contribution in [1.82, 2.24) is 0 Å². The summed E-state index contributed by atoms with van der Waals surface area (Å²) in [5.41, 5.74) is 0.716. The van der Waals surface area contributed by atoms with Crippen molar-refractivity contribution in [2.75, 3.05) is 7.11 Å². The van der Waals surface area contributed by atoms with Gasteiger partial charge in [-0.2, -0.15) is 0 Å². The van der Waals surface area contributed by atoms with Gasteiger partial charge in [-0.3, -0.25) is 0 Å². The first-order valence-electron chi connectivity index (χ1n) is 20.2. The molecule has 10 atom stereocenters. The molecule has 0 bridgehead atoms. The normalized spacial score (nSPS) is 37.0. The summed E-state index contributed by atoms with van der Waals surface area (Å²) in [4.78, 5) is 5.57. The first-order chi connectivity index (χ1) is 22.9. The maximum absolute atomic E-state index is 13.3. The fourth-order valence-electron chi connectivity index (χ4n) is 11.1. The lowest BCUT2D eigenvalue weighted by Gasteiger charge is -2.61. The average molecular weight is 782 g/mol. The SMILES string of the molecule is CO/N=C1\C=C2[C@H](CC[C@]3(C)[C@@H]([C@H](C)C(CCC(C)(C)O[Si](C)(C)C)O[Si](C)(C)C)CC[C@@]23O)[C@@]2(C)C[C@H](O[Si](C)(C)C)[C@H](O[Si](C)(C)C)C[C@@H]12. The number of oxime groups is 1. The van der Waals surface area contributed by atoms with Crippen LogP contribution >= 0.6 is 0 Å². The molecule has 4 aliphatic carbocycles. The summed E-state index contributed by atoms with van der Waals surface area (Å²) in [5.74, 6) is 1.12. The highest BCUT2D eigenvalue weighted by Gasteiger charge is 2.67. The number of hydrogen-bond donors (Lipinski definition) is 1. The van der Waals surface area contributed by atoms with E-state index in [1.165, 1.54) is 5.57 Å². The molecule has 0 radical (unpaired) electrons. The van der Waals surface area contributed by atoms with Gasteiger partial charge in [0.05, 0.1) is 29.1 Å². The van der Waals surface area contributed by atoms with Crippen molar-refractivity contribution in [3.05, 3.63) is 11.6 Å². The molecule has 0 aromatic carbocycles. The van der Waals surface area contributed by atoms with Crippen LogP contribution in [0.5, 0.6) is 0 Å². The Morgan fingerprint density at radius 2 is 1.43 bits per heavy atom. The molecular formula is C40H79NO6Si4. The van der Waals surface area contributed by atoms with E-state index >= 15 is 0 Å². The molecule has 7 nitrogen and oxygen atoms in total. The molecule has 0 spiro atoms. The van der Waals surface area contributed by atoms with Gasteiger partial charge in [-0.15, -0.1) is 0 Å². The number of rotatable bonds is 14. The van der Waals surface area contributed by atoms with Crippen LogP contribution in [0.25, 0.3) is 0 Å². The van der Waals surface area contributed by atoms with E-state index in [1.807, 2.05) is 0 Å². The third kappa shape index (κ3) is 9.82.